The summed E-state index contributed by atoms with van der Waals surface area (Å²) in [4.78, 5) is 8.59. The number of sulfonamides is 1. The Morgan fingerprint density at radius 3 is 2.25 bits per heavy atom. The van der Waals surface area contributed by atoms with E-state index < -0.39 is 10.0 Å². The molecule has 4 rings (SSSR count). The number of nitrogens with one attached hydrogen (secondary N) is 1. The van der Waals surface area contributed by atoms with E-state index in [2.05, 4.69) is 14.7 Å². The zero-order valence-corrected chi connectivity index (χ0v) is 16.2. The van der Waals surface area contributed by atoms with Gasteiger partial charge >= 0.3 is 0 Å². The second kappa shape index (κ2) is 7.79. The van der Waals surface area contributed by atoms with Crippen LogP contribution >= 0.6 is 11.3 Å². The van der Waals surface area contributed by atoms with Gasteiger partial charge in [-0.15, -0.1) is 11.3 Å². The maximum Gasteiger partial charge on any atom is 0.273 e. The summed E-state index contributed by atoms with van der Waals surface area (Å²) in [5.41, 5.74) is 1.37. The Hall–Kier alpha value is -3.23. The zero-order valence-electron chi connectivity index (χ0n) is 14.5. The summed E-state index contributed by atoms with van der Waals surface area (Å²) in [5, 5.41) is 1.69. The van der Waals surface area contributed by atoms with E-state index in [0.29, 0.717) is 11.4 Å². The van der Waals surface area contributed by atoms with E-state index in [1.54, 1.807) is 29.6 Å². The topological polar surface area (TPSA) is 81.2 Å². The van der Waals surface area contributed by atoms with E-state index in [1.165, 1.54) is 6.07 Å². The van der Waals surface area contributed by atoms with Gasteiger partial charge in [-0.25, -0.2) is 18.1 Å². The number of hydrogen-bond acceptors (Lipinski definition) is 6. The van der Waals surface area contributed by atoms with Crippen molar-refractivity contribution in [3.63, 3.8) is 0 Å². The molecule has 0 spiro atoms. The number of thiophene rings is 1. The number of ether oxygens (including phenoxy) is 1. The van der Waals surface area contributed by atoms with Crippen LogP contribution in [0.1, 0.15) is 0 Å². The van der Waals surface area contributed by atoms with Gasteiger partial charge in [0, 0.05) is 11.6 Å². The van der Waals surface area contributed by atoms with E-state index in [0.717, 1.165) is 16.9 Å². The number of para-hydroxylation sites is 1. The fourth-order valence-electron chi connectivity index (χ4n) is 2.48. The van der Waals surface area contributed by atoms with Crippen molar-refractivity contribution in [3.05, 3.63) is 84.2 Å². The quantitative estimate of drug-likeness (QED) is 0.495. The van der Waals surface area contributed by atoms with Crippen LogP contribution in [0, 0.1) is 0 Å². The number of hydrogen-bond donors (Lipinski definition) is 1. The SMILES string of the molecule is O=S(=O)(Nc1nc(Oc2ccccc2)cc(-c2ccccc2)n1)c1cccs1. The van der Waals surface area contributed by atoms with Gasteiger partial charge < -0.3 is 4.74 Å². The van der Waals surface area contributed by atoms with Crippen LogP contribution in [0.2, 0.25) is 0 Å². The zero-order chi connectivity index (χ0) is 19.4. The van der Waals surface area contributed by atoms with Crippen molar-refractivity contribution < 1.29 is 13.2 Å². The molecule has 0 aliphatic heterocycles. The number of rotatable bonds is 6. The molecule has 8 heteroatoms. The summed E-state index contributed by atoms with van der Waals surface area (Å²) >= 11 is 1.12. The van der Waals surface area contributed by atoms with Gasteiger partial charge in [-0.2, -0.15) is 4.98 Å². The first-order chi connectivity index (χ1) is 13.6. The fraction of sp³-hybridized carbons (Fsp3) is 0. The van der Waals surface area contributed by atoms with Crippen molar-refractivity contribution in [2.24, 2.45) is 0 Å². The van der Waals surface area contributed by atoms with Gasteiger partial charge in [-0.1, -0.05) is 54.6 Å². The molecule has 6 nitrogen and oxygen atoms in total. The van der Waals surface area contributed by atoms with Crippen LogP contribution in [0.15, 0.2) is 88.5 Å². The van der Waals surface area contributed by atoms with Crippen molar-refractivity contribution in [1.29, 1.82) is 0 Å². The average molecular weight is 409 g/mol. The van der Waals surface area contributed by atoms with Crippen LogP contribution in [0.5, 0.6) is 11.6 Å². The highest BCUT2D eigenvalue weighted by Gasteiger charge is 2.18. The number of benzene rings is 2. The van der Waals surface area contributed by atoms with E-state index in [4.69, 9.17) is 4.74 Å². The third-order valence-electron chi connectivity index (χ3n) is 3.72. The number of nitrogens with zero attached hydrogens (tertiary/aromatic N) is 2. The largest absolute Gasteiger partial charge is 0.439 e. The van der Waals surface area contributed by atoms with Gasteiger partial charge in [-0.3, -0.25) is 0 Å². The average Bonchev–Trinajstić information content (AvgIpc) is 3.25. The molecule has 0 saturated carbocycles. The molecule has 4 aromatic rings. The minimum absolute atomic E-state index is 0.0549. The molecule has 0 unspecified atom stereocenters. The Morgan fingerprint density at radius 1 is 0.857 bits per heavy atom. The smallest absolute Gasteiger partial charge is 0.273 e. The Labute approximate surface area is 166 Å². The molecule has 0 atom stereocenters. The number of aromatic nitrogens is 2. The Morgan fingerprint density at radius 2 is 1.57 bits per heavy atom. The molecular formula is C20H15N3O3S2. The molecule has 0 bridgehead atoms. The van der Waals surface area contributed by atoms with Crippen molar-refractivity contribution in [3.8, 4) is 22.9 Å². The minimum Gasteiger partial charge on any atom is -0.439 e. The van der Waals surface area contributed by atoms with Crippen molar-refractivity contribution in [2.75, 3.05) is 4.72 Å². The minimum atomic E-state index is -3.77. The van der Waals surface area contributed by atoms with Crippen molar-refractivity contribution in [1.82, 2.24) is 9.97 Å². The predicted octanol–water partition coefficient (Wildman–Crippen LogP) is 4.80. The Balaban J connectivity index is 1.74. The van der Waals surface area contributed by atoms with Crippen LogP contribution in [0.3, 0.4) is 0 Å². The van der Waals surface area contributed by atoms with Gasteiger partial charge in [0.2, 0.25) is 11.8 Å². The lowest BCUT2D eigenvalue weighted by molar-refractivity contribution is 0.463. The summed E-state index contributed by atoms with van der Waals surface area (Å²) in [7, 11) is -3.77. The molecule has 1 N–H and O–H groups in total. The monoisotopic (exact) mass is 409 g/mol. The first kappa shape index (κ1) is 18.1. The third kappa shape index (κ3) is 4.19. The second-order valence-corrected chi connectivity index (χ2v) is 8.59. The molecule has 0 aliphatic carbocycles. The first-order valence-corrected chi connectivity index (χ1v) is 10.7. The third-order valence-corrected chi connectivity index (χ3v) is 6.45. The van der Waals surface area contributed by atoms with E-state index in [9.17, 15) is 8.42 Å². The van der Waals surface area contributed by atoms with Crippen LogP contribution < -0.4 is 9.46 Å². The van der Waals surface area contributed by atoms with Gasteiger partial charge in [0.1, 0.15) is 9.96 Å². The lowest BCUT2D eigenvalue weighted by atomic mass is 10.1. The molecule has 0 amide bonds. The van der Waals surface area contributed by atoms with E-state index in [1.807, 2.05) is 48.5 Å². The number of anilines is 1. The van der Waals surface area contributed by atoms with Gasteiger partial charge in [-0.05, 0) is 23.6 Å². The molecule has 2 aromatic carbocycles. The molecule has 0 fully saturated rings. The highest BCUT2D eigenvalue weighted by molar-refractivity contribution is 7.94. The fourth-order valence-corrected chi connectivity index (χ4v) is 4.41. The van der Waals surface area contributed by atoms with Gasteiger partial charge in [0.25, 0.3) is 10.0 Å². The van der Waals surface area contributed by atoms with Crippen molar-refractivity contribution >= 4 is 27.3 Å². The van der Waals surface area contributed by atoms with E-state index >= 15 is 0 Å². The maximum absolute atomic E-state index is 12.6. The standard InChI is InChI=1S/C20H15N3O3S2/c24-28(25,19-12-7-13-27-19)23-20-21-17(15-8-3-1-4-9-15)14-18(22-20)26-16-10-5-2-6-11-16/h1-14H,(H,21,22,23). The normalized spacial score (nSPS) is 11.1. The summed E-state index contributed by atoms with van der Waals surface area (Å²) in [6.45, 7) is 0. The predicted molar refractivity (Wildman–Crippen MR) is 109 cm³/mol. The summed E-state index contributed by atoms with van der Waals surface area (Å²) in [6.07, 6.45) is 0. The van der Waals surface area contributed by atoms with Crippen LogP contribution in [-0.2, 0) is 10.0 Å². The maximum atomic E-state index is 12.6. The molecule has 140 valence electrons. The molecule has 0 saturated heterocycles. The Bertz CT molecular complexity index is 1160. The molecule has 2 aromatic heterocycles. The highest BCUT2D eigenvalue weighted by atomic mass is 32.2. The second-order valence-electron chi connectivity index (χ2n) is 5.73. The molecule has 2 heterocycles. The summed E-state index contributed by atoms with van der Waals surface area (Å²) < 4.78 is 33.5. The lowest BCUT2D eigenvalue weighted by Crippen LogP contribution is -2.14. The van der Waals surface area contributed by atoms with Crippen LogP contribution in [0.4, 0.5) is 5.95 Å². The molecule has 28 heavy (non-hydrogen) atoms. The summed E-state index contributed by atoms with van der Waals surface area (Å²) in [6, 6.07) is 23.4. The molecule has 0 radical (unpaired) electrons. The first-order valence-electron chi connectivity index (χ1n) is 8.34. The van der Waals surface area contributed by atoms with E-state index in [-0.39, 0.29) is 16.0 Å². The van der Waals surface area contributed by atoms with Crippen LogP contribution in [0.25, 0.3) is 11.3 Å². The lowest BCUT2D eigenvalue weighted by Gasteiger charge is -2.10. The Kier molecular flexibility index (Phi) is 5.05. The van der Waals surface area contributed by atoms with Crippen LogP contribution in [-0.4, -0.2) is 18.4 Å². The highest BCUT2D eigenvalue weighted by Crippen LogP contribution is 2.27. The van der Waals surface area contributed by atoms with Gasteiger partial charge in [0.05, 0.1) is 5.69 Å². The van der Waals surface area contributed by atoms with Crippen molar-refractivity contribution in [2.45, 2.75) is 4.21 Å². The summed E-state index contributed by atoms with van der Waals surface area (Å²) in [5.74, 6) is 0.775. The molecule has 0 aliphatic rings. The molecular weight excluding hydrogens is 394 g/mol. The van der Waals surface area contributed by atoms with Gasteiger partial charge in [0.15, 0.2) is 0 Å².